The molecule has 0 aliphatic carbocycles. The van der Waals surface area contributed by atoms with E-state index in [4.69, 9.17) is 0 Å². The smallest absolute Gasteiger partial charge is 0.0454 e. The van der Waals surface area contributed by atoms with Crippen molar-refractivity contribution in [3.05, 3.63) is 70.3 Å². The average molecular weight is 300 g/mol. The fourth-order valence-corrected chi connectivity index (χ4v) is 2.69. The Labute approximate surface area is 115 Å². The highest BCUT2D eigenvalue weighted by atomic mass is 79.9. The number of aromatic amines is 1. The zero-order valence-electron chi connectivity index (χ0n) is 9.99. The molecular formula is C16H14BrN. The second kappa shape index (κ2) is 4.99. The van der Waals surface area contributed by atoms with E-state index < -0.39 is 0 Å². The highest BCUT2D eigenvalue weighted by Gasteiger charge is 1.99. The van der Waals surface area contributed by atoms with E-state index in [1.54, 1.807) is 0 Å². The van der Waals surface area contributed by atoms with Gasteiger partial charge >= 0.3 is 0 Å². The number of nitrogens with one attached hydrogen (secondary N) is 1. The van der Waals surface area contributed by atoms with Gasteiger partial charge in [0.1, 0.15) is 0 Å². The van der Waals surface area contributed by atoms with E-state index >= 15 is 0 Å². The van der Waals surface area contributed by atoms with E-state index in [1.807, 2.05) is 6.20 Å². The maximum absolute atomic E-state index is 3.51. The van der Waals surface area contributed by atoms with Gasteiger partial charge in [0.25, 0.3) is 0 Å². The summed E-state index contributed by atoms with van der Waals surface area (Å²) in [6.45, 7) is 0. The van der Waals surface area contributed by atoms with Gasteiger partial charge in [-0.1, -0.05) is 34.1 Å². The Balaban J connectivity index is 1.76. The normalized spacial score (nSPS) is 10.9. The van der Waals surface area contributed by atoms with E-state index in [9.17, 15) is 0 Å². The molecule has 0 aliphatic rings. The lowest BCUT2D eigenvalue weighted by Crippen LogP contribution is -1.91. The van der Waals surface area contributed by atoms with Gasteiger partial charge in [-0.2, -0.15) is 0 Å². The Morgan fingerprint density at radius 3 is 2.56 bits per heavy atom. The second-order valence-corrected chi connectivity index (χ2v) is 5.44. The molecule has 90 valence electrons. The summed E-state index contributed by atoms with van der Waals surface area (Å²) in [5, 5.41) is 1.29. The van der Waals surface area contributed by atoms with Gasteiger partial charge in [0.05, 0.1) is 0 Å². The van der Waals surface area contributed by atoms with Gasteiger partial charge < -0.3 is 4.98 Å². The van der Waals surface area contributed by atoms with Crippen molar-refractivity contribution in [1.29, 1.82) is 0 Å². The molecule has 3 rings (SSSR count). The first-order valence-corrected chi connectivity index (χ1v) is 6.91. The quantitative estimate of drug-likeness (QED) is 0.720. The van der Waals surface area contributed by atoms with E-state index in [2.05, 4.69) is 69.4 Å². The predicted octanol–water partition coefficient (Wildman–Crippen LogP) is 4.72. The van der Waals surface area contributed by atoms with Crippen LogP contribution in [0.5, 0.6) is 0 Å². The van der Waals surface area contributed by atoms with Gasteiger partial charge in [-0.25, -0.2) is 0 Å². The molecule has 0 bridgehead atoms. The molecule has 1 heterocycles. The molecule has 0 unspecified atom stereocenters. The highest BCUT2D eigenvalue weighted by Crippen LogP contribution is 2.17. The number of hydrogen-bond donors (Lipinski definition) is 1. The van der Waals surface area contributed by atoms with Crippen molar-refractivity contribution in [2.24, 2.45) is 0 Å². The molecule has 0 aliphatic heterocycles. The number of fused-ring (bicyclic) bond motifs is 1. The van der Waals surface area contributed by atoms with Crippen molar-refractivity contribution >= 4 is 26.8 Å². The van der Waals surface area contributed by atoms with Gasteiger partial charge in [-0.3, -0.25) is 0 Å². The molecule has 1 aromatic heterocycles. The Hall–Kier alpha value is -1.54. The number of H-pyrrole nitrogens is 1. The fraction of sp³-hybridized carbons (Fsp3) is 0.125. The van der Waals surface area contributed by atoms with Crippen LogP contribution in [0.1, 0.15) is 11.1 Å². The summed E-state index contributed by atoms with van der Waals surface area (Å²) < 4.78 is 1.15. The van der Waals surface area contributed by atoms with Gasteiger partial charge in [0, 0.05) is 16.2 Å². The van der Waals surface area contributed by atoms with Crippen LogP contribution in [0.25, 0.3) is 10.9 Å². The minimum atomic E-state index is 1.08. The lowest BCUT2D eigenvalue weighted by Gasteiger charge is -2.03. The summed E-state index contributed by atoms with van der Waals surface area (Å²) in [6, 6.07) is 17.3. The summed E-state index contributed by atoms with van der Waals surface area (Å²) in [7, 11) is 0. The molecular weight excluding hydrogens is 286 g/mol. The van der Waals surface area contributed by atoms with Crippen LogP contribution in [0.3, 0.4) is 0 Å². The molecule has 3 aromatic rings. The summed E-state index contributed by atoms with van der Waals surface area (Å²) in [5.74, 6) is 0. The first-order chi connectivity index (χ1) is 8.81. The average Bonchev–Trinajstić information content (AvgIpc) is 2.84. The monoisotopic (exact) mass is 299 g/mol. The number of benzene rings is 2. The van der Waals surface area contributed by atoms with E-state index in [0.717, 1.165) is 17.3 Å². The van der Waals surface area contributed by atoms with Crippen LogP contribution in [0, 0.1) is 0 Å². The summed E-state index contributed by atoms with van der Waals surface area (Å²) in [4.78, 5) is 3.22. The number of rotatable bonds is 3. The van der Waals surface area contributed by atoms with Crippen LogP contribution in [-0.2, 0) is 12.8 Å². The first-order valence-electron chi connectivity index (χ1n) is 6.12. The summed E-state index contributed by atoms with van der Waals surface area (Å²) >= 11 is 3.51. The summed E-state index contributed by atoms with van der Waals surface area (Å²) in [6.07, 6.45) is 4.15. The second-order valence-electron chi connectivity index (χ2n) is 4.53. The molecule has 0 atom stereocenters. The fourth-order valence-electron chi connectivity index (χ4n) is 2.24. The number of hydrogen-bond acceptors (Lipinski definition) is 0. The van der Waals surface area contributed by atoms with Crippen LogP contribution in [0.4, 0.5) is 0 Å². The molecule has 18 heavy (non-hydrogen) atoms. The van der Waals surface area contributed by atoms with Crippen molar-refractivity contribution in [3.8, 4) is 0 Å². The van der Waals surface area contributed by atoms with Crippen LogP contribution in [0.15, 0.2) is 59.2 Å². The first kappa shape index (κ1) is 11.5. The number of aromatic nitrogens is 1. The Kier molecular flexibility index (Phi) is 3.20. The number of halogens is 1. The third kappa shape index (κ3) is 2.49. The molecule has 1 nitrogen and oxygen atoms in total. The molecule has 0 radical (unpaired) electrons. The van der Waals surface area contributed by atoms with Crippen molar-refractivity contribution in [3.63, 3.8) is 0 Å². The van der Waals surface area contributed by atoms with Gasteiger partial charge in [-0.15, -0.1) is 0 Å². The third-order valence-electron chi connectivity index (χ3n) is 3.21. The standard InChI is InChI=1S/C16H14BrN/c17-15-3-1-2-12(11-15)4-5-13-6-7-16-14(10-13)8-9-18-16/h1-3,6-11,18H,4-5H2. The van der Waals surface area contributed by atoms with Gasteiger partial charge in [-0.05, 0) is 59.7 Å². The van der Waals surface area contributed by atoms with Gasteiger partial charge in [0.15, 0.2) is 0 Å². The minimum Gasteiger partial charge on any atom is -0.361 e. The van der Waals surface area contributed by atoms with Crippen LogP contribution in [-0.4, -0.2) is 4.98 Å². The molecule has 0 amide bonds. The number of aryl methyl sites for hydroxylation is 2. The van der Waals surface area contributed by atoms with Crippen LogP contribution in [0.2, 0.25) is 0 Å². The maximum Gasteiger partial charge on any atom is 0.0454 e. The SMILES string of the molecule is Brc1cccc(CCc2ccc3[nH]ccc3c2)c1. The zero-order chi connectivity index (χ0) is 12.4. The lowest BCUT2D eigenvalue weighted by molar-refractivity contribution is 0.961. The van der Waals surface area contributed by atoms with Crippen molar-refractivity contribution in [1.82, 2.24) is 4.98 Å². The third-order valence-corrected chi connectivity index (χ3v) is 3.70. The van der Waals surface area contributed by atoms with E-state index in [1.165, 1.54) is 22.0 Å². The Morgan fingerprint density at radius 1 is 0.889 bits per heavy atom. The van der Waals surface area contributed by atoms with Crippen LogP contribution < -0.4 is 0 Å². The lowest BCUT2D eigenvalue weighted by atomic mass is 10.0. The Bertz CT molecular complexity index is 669. The van der Waals surface area contributed by atoms with Gasteiger partial charge in [0.2, 0.25) is 0 Å². The minimum absolute atomic E-state index is 1.08. The van der Waals surface area contributed by atoms with Crippen LogP contribution >= 0.6 is 15.9 Å². The summed E-state index contributed by atoms with van der Waals surface area (Å²) in [5.41, 5.74) is 3.97. The van der Waals surface area contributed by atoms with Crippen molar-refractivity contribution in [2.45, 2.75) is 12.8 Å². The molecule has 0 spiro atoms. The zero-order valence-corrected chi connectivity index (χ0v) is 11.6. The molecule has 1 N–H and O–H groups in total. The van der Waals surface area contributed by atoms with E-state index in [0.29, 0.717) is 0 Å². The molecule has 0 fully saturated rings. The van der Waals surface area contributed by atoms with Crippen molar-refractivity contribution < 1.29 is 0 Å². The molecule has 0 saturated heterocycles. The maximum atomic E-state index is 3.51. The van der Waals surface area contributed by atoms with Crippen molar-refractivity contribution in [2.75, 3.05) is 0 Å². The largest absolute Gasteiger partial charge is 0.361 e. The predicted molar refractivity (Wildman–Crippen MR) is 79.8 cm³/mol. The topological polar surface area (TPSA) is 15.8 Å². The molecule has 2 aromatic carbocycles. The molecule has 0 saturated carbocycles. The molecule has 2 heteroatoms. The van der Waals surface area contributed by atoms with E-state index in [-0.39, 0.29) is 0 Å². The highest BCUT2D eigenvalue weighted by molar-refractivity contribution is 9.10. The Morgan fingerprint density at radius 2 is 1.72 bits per heavy atom.